The molecule has 0 aliphatic carbocycles. The highest BCUT2D eigenvalue weighted by molar-refractivity contribution is 7.93. The molecule has 0 aliphatic heterocycles. The van der Waals surface area contributed by atoms with Gasteiger partial charge in [0.25, 0.3) is 11.9 Å². The van der Waals surface area contributed by atoms with Gasteiger partial charge in [0.2, 0.25) is 0 Å². The van der Waals surface area contributed by atoms with Gasteiger partial charge in [0, 0.05) is 11.1 Å². The molecule has 0 radical (unpaired) electrons. The van der Waals surface area contributed by atoms with Crippen LogP contribution in [0.2, 0.25) is 0 Å². The number of rotatable bonds is 6. The summed E-state index contributed by atoms with van der Waals surface area (Å²) in [6, 6.07) is 2.46. The molecule has 7 nitrogen and oxygen atoms in total. The molecule has 1 aromatic carbocycles. The van der Waals surface area contributed by atoms with Crippen LogP contribution in [-0.4, -0.2) is 21.7 Å². The van der Waals surface area contributed by atoms with E-state index in [1.165, 1.54) is 19.1 Å². The van der Waals surface area contributed by atoms with Crippen LogP contribution in [0.3, 0.4) is 0 Å². The molecule has 0 heterocycles. The van der Waals surface area contributed by atoms with Gasteiger partial charge in [-0.2, -0.15) is 0 Å². The topological polar surface area (TPSA) is 107 Å². The number of carbonyl (C=O) groups is 2. The summed E-state index contributed by atoms with van der Waals surface area (Å²) < 4.78 is 4.19. The molecule has 0 aromatic heterocycles. The van der Waals surface area contributed by atoms with Crippen molar-refractivity contribution in [3.8, 4) is 5.75 Å². The second-order valence-corrected chi connectivity index (χ2v) is 4.76. The van der Waals surface area contributed by atoms with Crippen molar-refractivity contribution in [2.45, 2.75) is 18.4 Å². The summed E-state index contributed by atoms with van der Waals surface area (Å²) in [6.45, 7) is 4.54. The molecule has 1 aromatic rings. The van der Waals surface area contributed by atoms with Gasteiger partial charge in [0.05, 0.1) is 10.5 Å². The Kier molecular flexibility index (Phi) is 5.27. The van der Waals surface area contributed by atoms with E-state index in [1.807, 2.05) is 0 Å². The zero-order valence-electron chi connectivity index (χ0n) is 10.5. The summed E-state index contributed by atoms with van der Waals surface area (Å²) in [5.41, 5.74) is 0.169. The van der Waals surface area contributed by atoms with E-state index in [9.17, 15) is 24.8 Å². The van der Waals surface area contributed by atoms with Gasteiger partial charge in [0.15, 0.2) is 6.29 Å². The largest absolute Gasteiger partial charge is 0.507 e. The minimum absolute atomic E-state index is 0.105. The molecule has 0 atom stereocenters. The number of phenols is 1. The zero-order valence-corrected chi connectivity index (χ0v) is 11.3. The Bertz CT molecular complexity index is 584. The Balaban J connectivity index is 3.04. The van der Waals surface area contributed by atoms with Gasteiger partial charge in [0.1, 0.15) is 16.7 Å². The smallest absolute Gasteiger partial charge is 0.333 e. The van der Waals surface area contributed by atoms with Crippen molar-refractivity contribution in [3.05, 3.63) is 45.5 Å². The van der Waals surface area contributed by atoms with Crippen LogP contribution in [-0.2, 0) is 16.1 Å². The lowest BCUT2D eigenvalue weighted by atomic mass is 10.1. The first-order valence-corrected chi connectivity index (χ1v) is 6.08. The molecule has 0 unspecified atom stereocenters. The molecule has 0 aliphatic rings. The van der Waals surface area contributed by atoms with Gasteiger partial charge >= 0.3 is 5.97 Å². The first-order valence-electron chi connectivity index (χ1n) is 5.31. The van der Waals surface area contributed by atoms with E-state index in [4.69, 9.17) is 4.74 Å². The number of nitro groups is 1. The maximum absolute atomic E-state index is 11.3. The van der Waals surface area contributed by atoms with Crippen molar-refractivity contribution >= 4 is 24.2 Å². The molecule has 1 N–H and O–H groups in total. The quantitative estimate of drug-likeness (QED) is 0.214. The molecule has 0 bridgehead atoms. The second-order valence-electron chi connectivity index (χ2n) is 3.81. The molecule has 1 rings (SSSR count). The van der Waals surface area contributed by atoms with Crippen LogP contribution in [0.5, 0.6) is 5.75 Å². The third kappa shape index (κ3) is 4.09. The van der Waals surface area contributed by atoms with Crippen LogP contribution in [0.4, 0.5) is 0 Å². The van der Waals surface area contributed by atoms with E-state index in [2.05, 4.69) is 6.58 Å². The maximum atomic E-state index is 11.3. The summed E-state index contributed by atoms with van der Waals surface area (Å²) in [6.07, 6.45) is 0.364. The normalized spacial score (nSPS) is 9.85. The Morgan fingerprint density at radius 1 is 1.60 bits per heavy atom. The molecule has 0 saturated heterocycles. The molecule has 20 heavy (non-hydrogen) atoms. The minimum atomic E-state index is -0.663. The van der Waals surface area contributed by atoms with Crippen molar-refractivity contribution in [2.24, 2.45) is 0 Å². The zero-order chi connectivity index (χ0) is 15.3. The van der Waals surface area contributed by atoms with E-state index in [0.29, 0.717) is 6.29 Å². The first kappa shape index (κ1) is 15.7. The van der Waals surface area contributed by atoms with E-state index in [0.717, 1.165) is 0 Å². The minimum Gasteiger partial charge on any atom is -0.507 e. The number of nitrogens with zero attached hydrogens (tertiary/aromatic N) is 1. The molecule has 0 amide bonds. The number of ether oxygens (including phenoxy) is 1. The average Bonchev–Trinajstić information content (AvgIpc) is 2.37. The van der Waals surface area contributed by atoms with E-state index < -0.39 is 10.3 Å². The number of esters is 1. The highest BCUT2D eigenvalue weighted by atomic mass is 32.2. The molecule has 106 valence electrons. The summed E-state index contributed by atoms with van der Waals surface area (Å²) in [5, 5.41) is 20.2. The summed E-state index contributed by atoms with van der Waals surface area (Å²) in [5.74, 6) is -1.04. The number of aldehydes is 1. The molecule has 0 fully saturated rings. The van der Waals surface area contributed by atoms with Crippen molar-refractivity contribution in [1.82, 2.24) is 0 Å². The Hall–Kier alpha value is -2.35. The molecule has 0 spiro atoms. The number of carbonyl (C=O) groups excluding carboxylic acids is 2. The monoisotopic (exact) mass is 297 g/mol. The van der Waals surface area contributed by atoms with Gasteiger partial charge in [-0.25, -0.2) is 4.79 Å². The van der Waals surface area contributed by atoms with Gasteiger partial charge in [-0.3, -0.25) is 14.9 Å². The van der Waals surface area contributed by atoms with Crippen LogP contribution in [0, 0.1) is 10.1 Å². The predicted octanol–water partition coefficient (Wildman–Crippen LogP) is 2.11. The highest BCUT2D eigenvalue weighted by Gasteiger charge is 2.16. The van der Waals surface area contributed by atoms with Gasteiger partial charge in [-0.05, 0) is 19.1 Å². The van der Waals surface area contributed by atoms with Crippen molar-refractivity contribution < 1.29 is 23.8 Å². The molecular weight excluding hydrogens is 286 g/mol. The van der Waals surface area contributed by atoms with E-state index in [1.54, 1.807) is 0 Å². The van der Waals surface area contributed by atoms with Crippen LogP contribution < -0.4 is 0 Å². The number of aromatic hydroxyl groups is 1. The third-order valence-electron chi connectivity index (χ3n) is 2.21. The van der Waals surface area contributed by atoms with Crippen LogP contribution >= 0.6 is 11.9 Å². The van der Waals surface area contributed by atoms with Gasteiger partial charge < -0.3 is 9.84 Å². The maximum Gasteiger partial charge on any atom is 0.333 e. The number of hydrogen-bond donors (Lipinski definition) is 1. The molecule has 8 heteroatoms. The number of phenolic OH excluding ortho intramolecular Hbond substituents is 1. The second kappa shape index (κ2) is 6.71. The van der Waals surface area contributed by atoms with Crippen LogP contribution in [0.25, 0.3) is 0 Å². The third-order valence-corrected chi connectivity index (χ3v) is 2.80. The highest BCUT2D eigenvalue weighted by Crippen LogP contribution is 2.29. The van der Waals surface area contributed by atoms with E-state index >= 15 is 0 Å². The van der Waals surface area contributed by atoms with Gasteiger partial charge in [-0.1, -0.05) is 6.58 Å². The Morgan fingerprint density at radius 2 is 2.25 bits per heavy atom. The Morgan fingerprint density at radius 3 is 2.75 bits per heavy atom. The summed E-state index contributed by atoms with van der Waals surface area (Å²) in [7, 11) is 0. The standard InChI is InChI=1S/C12H11NO6S/c1-7(2)12(16)19-6-9-4-10(20-13(17)18)3-8(5-14)11(9)15/h3-5,15H,1,6H2,2H3. The Labute approximate surface area is 118 Å². The average molecular weight is 297 g/mol. The first-order chi connectivity index (χ1) is 9.35. The molecular formula is C12H11NO6S. The van der Waals surface area contributed by atoms with Crippen LogP contribution in [0.15, 0.2) is 29.2 Å². The molecule has 0 saturated carbocycles. The van der Waals surface area contributed by atoms with Crippen molar-refractivity contribution in [2.75, 3.05) is 0 Å². The SMILES string of the molecule is C=C(C)C(=O)OCc1cc(S[N+](=O)[O-])cc(C=O)c1O. The van der Waals surface area contributed by atoms with Crippen LogP contribution in [0.1, 0.15) is 22.8 Å². The fraction of sp³-hybridized carbons (Fsp3) is 0.167. The lowest BCUT2D eigenvalue weighted by Gasteiger charge is -2.09. The van der Waals surface area contributed by atoms with Crippen molar-refractivity contribution in [3.63, 3.8) is 0 Å². The number of hydrogen-bond acceptors (Lipinski definition) is 7. The number of benzene rings is 1. The van der Waals surface area contributed by atoms with E-state index in [-0.39, 0.29) is 45.9 Å². The summed E-state index contributed by atoms with van der Waals surface area (Å²) in [4.78, 5) is 32.7. The predicted molar refractivity (Wildman–Crippen MR) is 71.0 cm³/mol. The van der Waals surface area contributed by atoms with Gasteiger partial charge in [-0.15, -0.1) is 0 Å². The lowest BCUT2D eigenvalue weighted by molar-refractivity contribution is -0.284. The van der Waals surface area contributed by atoms with Crippen molar-refractivity contribution in [1.29, 1.82) is 0 Å². The fourth-order valence-corrected chi connectivity index (χ4v) is 1.84. The summed E-state index contributed by atoms with van der Waals surface area (Å²) >= 11 is 0.286. The fourth-order valence-electron chi connectivity index (χ4n) is 1.29. The lowest BCUT2D eigenvalue weighted by Crippen LogP contribution is -2.05.